The van der Waals surface area contributed by atoms with E-state index in [0.29, 0.717) is 42.1 Å². The van der Waals surface area contributed by atoms with Crippen LogP contribution in [0.25, 0.3) is 62.4 Å². The second-order valence-electron chi connectivity index (χ2n) is 20.4. The lowest BCUT2D eigenvalue weighted by Crippen LogP contribution is -2.19. The Hall–Kier alpha value is -8.42. The minimum absolute atomic E-state index is 0.00280. The van der Waals surface area contributed by atoms with Gasteiger partial charge in [-0.1, -0.05) is 29.8 Å². The SMILES string of the molecule is Cc1cccc(CN)n1.Cc1cccc(CNc2cc(N)nc3cc(-c4ccn[nH]4)sc23)n1.Cc1cccc(CNc2cc(N)nc3cc(-c4ccnn4C4CCCCO4)sc23)n1.Nc1cc(Cl)c2sc(-c3ccnn3C3CCCCO3)cc2n1. The van der Waals surface area contributed by atoms with Crippen molar-refractivity contribution in [2.75, 3.05) is 41.0 Å². The van der Waals surface area contributed by atoms with Crippen molar-refractivity contribution in [1.82, 2.24) is 59.7 Å². The number of aromatic amines is 1. The molecule has 12 aromatic rings. The number of H-pyrrole nitrogens is 1. The van der Waals surface area contributed by atoms with Crippen molar-refractivity contribution in [2.45, 2.75) is 91.4 Å². The predicted molar refractivity (Wildman–Crippen MR) is 344 cm³/mol. The Kier molecular flexibility index (Phi) is 18.6. The van der Waals surface area contributed by atoms with E-state index in [4.69, 9.17) is 44.0 Å². The number of ether oxygens (including phenoxy) is 2. The van der Waals surface area contributed by atoms with E-state index in [9.17, 15) is 0 Å². The van der Waals surface area contributed by atoms with Gasteiger partial charge in [0.2, 0.25) is 0 Å². The molecule has 85 heavy (non-hydrogen) atoms. The minimum atomic E-state index is -0.00280. The maximum absolute atomic E-state index is 6.27. The highest BCUT2D eigenvalue weighted by Crippen LogP contribution is 2.41. The molecule has 436 valence electrons. The first-order valence-electron chi connectivity index (χ1n) is 27.9. The molecule has 0 aromatic carbocycles. The van der Waals surface area contributed by atoms with Crippen LogP contribution in [0.15, 0.2) is 128 Å². The molecule has 11 N–H and O–H groups in total. The van der Waals surface area contributed by atoms with E-state index < -0.39 is 0 Å². The zero-order valence-corrected chi connectivity index (χ0v) is 50.4. The number of fused-ring (bicyclic) bond motifs is 3. The number of nitrogens with zero attached hydrogens (tertiary/aromatic N) is 11. The van der Waals surface area contributed by atoms with Crippen molar-refractivity contribution in [3.05, 3.63) is 167 Å². The van der Waals surface area contributed by atoms with E-state index >= 15 is 0 Å². The van der Waals surface area contributed by atoms with Crippen LogP contribution in [0.3, 0.4) is 0 Å². The number of anilines is 5. The fourth-order valence-corrected chi connectivity index (χ4v) is 13.4. The first-order chi connectivity index (χ1) is 41.4. The number of pyridine rings is 6. The summed E-state index contributed by atoms with van der Waals surface area (Å²) in [5.41, 5.74) is 36.7. The van der Waals surface area contributed by atoms with Crippen LogP contribution in [-0.4, -0.2) is 72.9 Å². The van der Waals surface area contributed by atoms with Crippen LogP contribution in [0.2, 0.25) is 5.02 Å². The van der Waals surface area contributed by atoms with Gasteiger partial charge in [-0.15, -0.1) is 34.0 Å². The third-order valence-corrected chi connectivity index (χ3v) is 17.8. The van der Waals surface area contributed by atoms with Crippen LogP contribution in [0.4, 0.5) is 28.8 Å². The van der Waals surface area contributed by atoms with Crippen molar-refractivity contribution in [3.63, 3.8) is 0 Å². The summed E-state index contributed by atoms with van der Waals surface area (Å²) in [4.78, 5) is 29.8. The van der Waals surface area contributed by atoms with E-state index in [1.54, 1.807) is 52.5 Å². The van der Waals surface area contributed by atoms with Gasteiger partial charge in [-0.25, -0.2) is 24.3 Å². The summed E-state index contributed by atoms with van der Waals surface area (Å²) in [7, 11) is 0. The van der Waals surface area contributed by atoms with E-state index in [1.807, 2.05) is 133 Å². The predicted octanol–water partition coefficient (Wildman–Crippen LogP) is 13.3. The molecule has 12 aromatic heterocycles. The van der Waals surface area contributed by atoms with Gasteiger partial charge in [-0.05, 0) is 132 Å². The first kappa shape index (κ1) is 58.4. The van der Waals surface area contributed by atoms with Gasteiger partial charge in [0.15, 0.2) is 12.5 Å². The van der Waals surface area contributed by atoms with Crippen molar-refractivity contribution in [1.29, 1.82) is 0 Å². The highest BCUT2D eigenvalue weighted by molar-refractivity contribution is 7.23. The number of nitrogen functional groups attached to an aromatic ring is 3. The van der Waals surface area contributed by atoms with E-state index in [0.717, 1.165) is 153 Å². The van der Waals surface area contributed by atoms with Crippen molar-refractivity contribution in [2.24, 2.45) is 5.73 Å². The highest BCUT2D eigenvalue weighted by atomic mass is 35.5. The molecule has 0 radical (unpaired) electrons. The molecule has 0 bridgehead atoms. The lowest BCUT2D eigenvalue weighted by Gasteiger charge is -2.24. The molecule has 14 rings (SSSR count). The highest BCUT2D eigenvalue weighted by Gasteiger charge is 2.23. The normalized spacial score (nSPS) is 14.9. The number of rotatable bonds is 12. The second kappa shape index (κ2) is 27.1. The van der Waals surface area contributed by atoms with Crippen molar-refractivity contribution < 1.29 is 9.47 Å². The third-order valence-electron chi connectivity index (χ3n) is 13.9. The van der Waals surface area contributed by atoms with Gasteiger partial charge in [-0.2, -0.15) is 15.3 Å². The molecule has 0 saturated carbocycles. The number of halogens is 1. The average Bonchev–Trinajstić information content (AvgIpc) is 2.54. The lowest BCUT2D eigenvalue weighted by atomic mass is 10.2. The summed E-state index contributed by atoms with van der Waals surface area (Å²) in [6.45, 7) is 9.31. The summed E-state index contributed by atoms with van der Waals surface area (Å²) in [6.07, 6.45) is 11.9. The molecule has 0 spiro atoms. The van der Waals surface area contributed by atoms with Crippen LogP contribution in [0, 0.1) is 20.8 Å². The summed E-state index contributed by atoms with van der Waals surface area (Å²) in [6, 6.07) is 35.4. The number of nitrogens with one attached hydrogen (secondary N) is 3. The molecular formula is C61H65ClN18O2S3. The first-order valence-corrected chi connectivity index (χ1v) is 30.8. The Morgan fingerprint density at radius 3 is 1.46 bits per heavy atom. The van der Waals surface area contributed by atoms with Gasteiger partial charge in [0.05, 0.1) is 109 Å². The van der Waals surface area contributed by atoms with Crippen LogP contribution in [0.1, 0.15) is 85.1 Å². The quantitative estimate of drug-likeness (QED) is 0.0598. The van der Waals surface area contributed by atoms with E-state index in [2.05, 4.69) is 67.0 Å². The summed E-state index contributed by atoms with van der Waals surface area (Å²) in [5.74, 6) is 1.43. The monoisotopic (exact) mass is 1210 g/mol. The topological polar surface area (TPSA) is 288 Å². The van der Waals surface area contributed by atoms with Gasteiger partial charge in [0.1, 0.15) is 17.5 Å². The molecule has 2 aliphatic rings. The van der Waals surface area contributed by atoms with Crippen LogP contribution < -0.4 is 33.6 Å². The maximum Gasteiger partial charge on any atom is 0.150 e. The number of aryl methyl sites for hydroxylation is 3. The van der Waals surface area contributed by atoms with Gasteiger partial charge in [-0.3, -0.25) is 20.1 Å². The Bertz CT molecular complexity index is 4180. The van der Waals surface area contributed by atoms with E-state index in [1.165, 1.54) is 6.42 Å². The second-order valence-corrected chi connectivity index (χ2v) is 23.9. The van der Waals surface area contributed by atoms with Crippen LogP contribution in [0.5, 0.6) is 0 Å². The van der Waals surface area contributed by atoms with E-state index in [-0.39, 0.29) is 12.5 Å². The zero-order chi connectivity index (χ0) is 58.8. The Morgan fingerprint density at radius 2 is 1.00 bits per heavy atom. The Balaban J connectivity index is 0.000000125. The smallest absolute Gasteiger partial charge is 0.150 e. The van der Waals surface area contributed by atoms with Gasteiger partial charge >= 0.3 is 0 Å². The Labute approximate surface area is 508 Å². The number of thiophene rings is 3. The fourth-order valence-electron chi connectivity index (χ4n) is 9.92. The molecule has 2 fully saturated rings. The molecule has 0 aliphatic carbocycles. The molecular weight excluding hydrogens is 1150 g/mol. The number of nitrogens with two attached hydrogens (primary N) is 4. The number of aromatic nitrogens is 12. The van der Waals surface area contributed by atoms with Crippen molar-refractivity contribution >= 4 is 105 Å². The summed E-state index contributed by atoms with van der Waals surface area (Å²) >= 11 is 11.2. The number of hydrogen-bond donors (Lipinski definition) is 7. The van der Waals surface area contributed by atoms with Gasteiger partial charge < -0.3 is 43.0 Å². The van der Waals surface area contributed by atoms with Crippen molar-refractivity contribution in [3.8, 4) is 31.7 Å². The standard InChI is InChI=1S/C22H24N6OS.C17H16N6S.C15H15ClN4OS.C7H10N2/c1-14-5-4-6-15(26-14)13-24-16-12-20(23)27-17-11-19(30-22(16)17)18-8-9-25-28(18)21-7-2-3-10-29-21;1-10-3-2-4-11(21-10)9-19-13-8-16(18)22-14-7-15(24-17(13)14)12-5-6-20-23-12;16-9-7-13(17)19-10-8-12(22-15(9)10)11-4-5-18-20(11)14-3-1-2-6-21-14;1-6-3-2-4-7(5-8)9-6/h4-6,8-9,11-12,21H,2-3,7,10,13H2,1H3,(H3,23,24,27);2-8H,9H2,1H3,(H,20,23)(H3,18,19,22);4-5,7-8,14H,1-3,6H2,(H2,17,19);2-4H,5,8H2,1H3. The molecule has 14 heterocycles. The molecule has 2 atom stereocenters. The summed E-state index contributed by atoms with van der Waals surface area (Å²) in [5, 5.41) is 23.5. The molecule has 2 aliphatic heterocycles. The Morgan fingerprint density at radius 1 is 0.541 bits per heavy atom. The fraction of sp³-hybridized carbons (Fsp3) is 0.262. The molecule has 0 amide bonds. The molecule has 24 heteroatoms. The largest absolute Gasteiger partial charge is 0.384 e. The summed E-state index contributed by atoms with van der Waals surface area (Å²) < 4.78 is 18.8. The van der Waals surface area contributed by atoms with Gasteiger partial charge in [0.25, 0.3) is 0 Å². The van der Waals surface area contributed by atoms with Crippen LogP contribution in [-0.2, 0) is 29.1 Å². The number of hydrogen-bond acceptors (Lipinski definition) is 20. The third kappa shape index (κ3) is 14.4. The maximum atomic E-state index is 6.27. The van der Waals surface area contributed by atoms with Crippen LogP contribution >= 0.6 is 45.6 Å². The average molecular weight is 1210 g/mol. The zero-order valence-electron chi connectivity index (χ0n) is 47.2. The molecule has 20 nitrogen and oxygen atoms in total. The molecule has 2 saturated heterocycles. The lowest BCUT2D eigenvalue weighted by molar-refractivity contribution is -0.0384. The molecule has 2 unspecified atom stereocenters. The van der Waals surface area contributed by atoms with Gasteiger partial charge in [0, 0.05) is 73.6 Å². The minimum Gasteiger partial charge on any atom is -0.384 e.